The predicted molar refractivity (Wildman–Crippen MR) is 23.1 cm³/mol. The molecular formula is C2H7AlNaO4. The smallest absolute Gasteiger partial charge is 1.00 e. The van der Waals surface area contributed by atoms with Crippen molar-refractivity contribution < 1.29 is 48.6 Å². The number of rotatable bonds is 4. The fraction of sp³-hybridized carbons (Fsp3) is 1.00. The molecule has 0 aromatic carbocycles. The van der Waals surface area contributed by atoms with Crippen molar-refractivity contribution in [1.82, 2.24) is 0 Å². The van der Waals surface area contributed by atoms with Crippen LogP contribution in [0.4, 0.5) is 0 Å². The van der Waals surface area contributed by atoms with Crippen LogP contribution in [0.1, 0.15) is 1.43 Å². The first-order valence-electron chi connectivity index (χ1n) is 1.62. The molecule has 0 aliphatic carbocycles. The molecule has 0 saturated carbocycles. The molecule has 6 heteroatoms. The molecule has 0 spiro atoms. The van der Waals surface area contributed by atoms with E-state index in [2.05, 4.69) is 17.7 Å². The van der Waals surface area contributed by atoms with E-state index in [1.54, 1.807) is 0 Å². The van der Waals surface area contributed by atoms with Crippen LogP contribution >= 0.6 is 0 Å². The van der Waals surface area contributed by atoms with Gasteiger partial charge in [0.2, 0.25) is 0 Å². The molecule has 1 radical (unpaired) electrons. The van der Waals surface area contributed by atoms with Crippen molar-refractivity contribution in [3.8, 4) is 0 Å². The summed E-state index contributed by atoms with van der Waals surface area (Å²) in [6.45, 7) is 0. The second-order valence-electron chi connectivity index (χ2n) is 0.622. The molecule has 0 saturated heterocycles. The Balaban J connectivity index is -0.000000180. The third kappa shape index (κ3) is 10.4. The summed E-state index contributed by atoms with van der Waals surface area (Å²) in [5.74, 6) is 0. The van der Waals surface area contributed by atoms with Gasteiger partial charge in [-0.25, -0.2) is 0 Å². The molecule has 0 aliphatic rings. The average molecular weight is 145 g/mol. The molecule has 0 atom stereocenters. The van der Waals surface area contributed by atoms with Gasteiger partial charge in [-0.1, -0.05) is 0 Å². The van der Waals surface area contributed by atoms with Gasteiger partial charge in [-0.2, -0.15) is 0 Å². The Morgan fingerprint density at radius 1 is 1.12 bits per heavy atom. The molecule has 0 aromatic rings. The maximum Gasteiger partial charge on any atom is 1.00 e. The van der Waals surface area contributed by atoms with E-state index >= 15 is 0 Å². The van der Waals surface area contributed by atoms with Crippen molar-refractivity contribution in [1.29, 1.82) is 0 Å². The van der Waals surface area contributed by atoms with Crippen LogP contribution in [-0.4, -0.2) is 30.1 Å². The van der Waals surface area contributed by atoms with E-state index in [9.17, 15) is 0 Å². The molecule has 0 aromatic heterocycles. The summed E-state index contributed by atoms with van der Waals surface area (Å²) >= 11 is -0.623. The van der Waals surface area contributed by atoms with Gasteiger partial charge in [-0.15, -0.1) is 0 Å². The second-order valence-corrected chi connectivity index (χ2v) is 1.20. The molecule has 0 heterocycles. The Labute approximate surface area is 78.4 Å². The van der Waals surface area contributed by atoms with E-state index in [1.807, 2.05) is 0 Å². The first-order chi connectivity index (χ1) is 3.41. The van der Waals surface area contributed by atoms with Crippen LogP contribution in [0.3, 0.4) is 0 Å². The van der Waals surface area contributed by atoms with Gasteiger partial charge in [0.1, 0.15) is 0 Å². The standard InChI is InChI=1S/2CH4O2.Al.Na.H/c2*1-3-2;;;/h2*2H,1H3;;;/q;;+2;+1;-1/p-2. The first-order valence-corrected chi connectivity index (χ1v) is 2.56. The van der Waals surface area contributed by atoms with Crippen LogP contribution in [0, 0.1) is 0 Å². The normalized spacial score (nSPS) is 7.75. The van der Waals surface area contributed by atoms with Crippen molar-refractivity contribution >= 4 is 15.9 Å². The summed E-state index contributed by atoms with van der Waals surface area (Å²) in [6.07, 6.45) is 0. The van der Waals surface area contributed by atoms with Crippen molar-refractivity contribution in [2.75, 3.05) is 14.2 Å². The molecule has 0 amide bonds. The fourth-order valence-electron chi connectivity index (χ4n) is 0.0946. The summed E-state index contributed by atoms with van der Waals surface area (Å²) in [7, 11) is 2.82. The maximum absolute atomic E-state index is 4.31. The Morgan fingerprint density at radius 3 is 1.75 bits per heavy atom. The van der Waals surface area contributed by atoms with Gasteiger partial charge in [-0.05, 0) is 0 Å². The Kier molecular flexibility index (Phi) is 16.9. The topological polar surface area (TPSA) is 36.9 Å². The van der Waals surface area contributed by atoms with E-state index < -0.39 is 15.9 Å². The molecule has 0 unspecified atom stereocenters. The zero-order valence-corrected chi connectivity index (χ0v) is 8.37. The van der Waals surface area contributed by atoms with Crippen LogP contribution in [0.5, 0.6) is 0 Å². The van der Waals surface area contributed by atoms with Crippen molar-refractivity contribution in [3.63, 3.8) is 0 Å². The van der Waals surface area contributed by atoms with Crippen LogP contribution in [0.25, 0.3) is 0 Å². The van der Waals surface area contributed by atoms with E-state index in [0.29, 0.717) is 0 Å². The number of hydrogen-bond acceptors (Lipinski definition) is 4. The monoisotopic (exact) mass is 145 g/mol. The molecule has 8 heavy (non-hydrogen) atoms. The van der Waals surface area contributed by atoms with E-state index in [4.69, 9.17) is 0 Å². The molecule has 4 nitrogen and oxygen atoms in total. The molecule has 0 rings (SSSR count). The Hall–Kier alpha value is 1.37. The Bertz CT molecular complexity index is 37.7. The van der Waals surface area contributed by atoms with E-state index in [-0.39, 0.29) is 31.0 Å². The van der Waals surface area contributed by atoms with Crippen LogP contribution in [0.15, 0.2) is 0 Å². The third-order valence-electron chi connectivity index (χ3n) is 0.271. The van der Waals surface area contributed by atoms with Crippen LogP contribution < -0.4 is 29.6 Å². The summed E-state index contributed by atoms with van der Waals surface area (Å²) in [5, 5.41) is 0. The van der Waals surface area contributed by atoms with Gasteiger partial charge in [-0.3, -0.25) is 9.78 Å². The van der Waals surface area contributed by atoms with Gasteiger partial charge in [0.25, 0.3) is 0 Å². The third-order valence-corrected chi connectivity index (χ3v) is 0.813. The first kappa shape index (κ1) is 12.1. The van der Waals surface area contributed by atoms with Crippen LogP contribution in [-0.2, 0) is 17.7 Å². The molecular weight excluding hydrogens is 138 g/mol. The zero-order valence-electron chi connectivity index (χ0n) is 6.21. The van der Waals surface area contributed by atoms with Crippen molar-refractivity contribution in [3.05, 3.63) is 0 Å². The molecule has 43 valence electrons. The van der Waals surface area contributed by atoms with Crippen molar-refractivity contribution in [2.24, 2.45) is 0 Å². The maximum atomic E-state index is 4.31. The SMILES string of the molecule is CO[O][Al][O]OC.[H-].[Na+]. The minimum atomic E-state index is -0.623. The van der Waals surface area contributed by atoms with Gasteiger partial charge in [0, 0.05) is 0 Å². The van der Waals surface area contributed by atoms with Gasteiger partial charge < -0.3 is 9.31 Å². The minimum Gasteiger partial charge on any atom is -1.00 e. The summed E-state index contributed by atoms with van der Waals surface area (Å²) in [4.78, 5) is 8.35. The van der Waals surface area contributed by atoms with Gasteiger partial charge in [0.05, 0.1) is 14.2 Å². The zero-order chi connectivity index (χ0) is 5.54. The molecule has 0 fully saturated rings. The fourth-order valence-corrected chi connectivity index (χ4v) is 0.284. The van der Waals surface area contributed by atoms with Gasteiger partial charge in [0.15, 0.2) is 0 Å². The Morgan fingerprint density at radius 2 is 1.50 bits per heavy atom. The van der Waals surface area contributed by atoms with Crippen molar-refractivity contribution in [2.45, 2.75) is 0 Å². The van der Waals surface area contributed by atoms with Crippen LogP contribution in [0.2, 0.25) is 0 Å². The minimum absolute atomic E-state index is 0. The largest absolute Gasteiger partial charge is 1.00 e. The molecule has 0 N–H and O–H groups in total. The summed E-state index contributed by atoms with van der Waals surface area (Å²) in [5.41, 5.74) is 0. The summed E-state index contributed by atoms with van der Waals surface area (Å²) in [6, 6.07) is 0. The number of hydrogen-bond donors (Lipinski definition) is 0. The van der Waals surface area contributed by atoms with E-state index in [1.165, 1.54) is 14.2 Å². The second kappa shape index (κ2) is 11.2. The summed E-state index contributed by atoms with van der Waals surface area (Å²) < 4.78 is 8.62. The van der Waals surface area contributed by atoms with E-state index in [0.717, 1.165) is 0 Å². The predicted octanol–water partition coefficient (Wildman–Crippen LogP) is -3.21. The quantitative estimate of drug-likeness (QED) is 0.180. The molecule has 0 aliphatic heterocycles. The molecule has 0 bridgehead atoms. The van der Waals surface area contributed by atoms with Gasteiger partial charge >= 0.3 is 45.4 Å². The average Bonchev–Trinajstić information content (AvgIpc) is 1.69.